The standard InChI is InChI=1S/C13H22ClN3O/c1-7(2)10(18)6-15-13-9(5)11(14)16-12(17-13)8(3)4/h7-8,10,18H,6H2,1-5H3,(H,15,16,17). The number of aromatic nitrogens is 2. The Balaban J connectivity index is 2.87. The van der Waals surface area contributed by atoms with E-state index in [2.05, 4.69) is 15.3 Å². The molecule has 5 heteroatoms. The van der Waals surface area contributed by atoms with Crippen LogP contribution in [0.25, 0.3) is 0 Å². The van der Waals surface area contributed by atoms with E-state index in [0.29, 0.717) is 23.3 Å². The van der Waals surface area contributed by atoms with E-state index in [1.165, 1.54) is 0 Å². The number of nitrogens with one attached hydrogen (secondary N) is 1. The Morgan fingerprint density at radius 2 is 1.83 bits per heavy atom. The monoisotopic (exact) mass is 271 g/mol. The van der Waals surface area contributed by atoms with Crippen molar-refractivity contribution in [3.63, 3.8) is 0 Å². The molecular weight excluding hydrogens is 250 g/mol. The molecule has 1 heterocycles. The van der Waals surface area contributed by atoms with Gasteiger partial charge in [-0.2, -0.15) is 0 Å². The molecule has 0 saturated carbocycles. The van der Waals surface area contributed by atoms with Gasteiger partial charge in [0.05, 0.1) is 6.10 Å². The second-order valence-corrected chi connectivity index (χ2v) is 5.55. The van der Waals surface area contributed by atoms with E-state index in [1.54, 1.807) is 0 Å². The molecule has 0 fully saturated rings. The molecular formula is C13H22ClN3O. The van der Waals surface area contributed by atoms with Crippen LogP contribution in [0.3, 0.4) is 0 Å². The molecule has 0 aliphatic carbocycles. The largest absolute Gasteiger partial charge is 0.391 e. The zero-order valence-electron chi connectivity index (χ0n) is 11.7. The molecule has 1 rings (SSSR count). The van der Waals surface area contributed by atoms with Crippen molar-refractivity contribution >= 4 is 17.4 Å². The van der Waals surface area contributed by atoms with Gasteiger partial charge in [0.15, 0.2) is 0 Å². The molecule has 0 radical (unpaired) electrons. The summed E-state index contributed by atoms with van der Waals surface area (Å²) in [6.07, 6.45) is -0.402. The predicted octanol–water partition coefficient (Wildman–Crippen LogP) is 2.99. The van der Waals surface area contributed by atoms with Gasteiger partial charge in [0, 0.05) is 18.0 Å². The van der Waals surface area contributed by atoms with Crippen LogP contribution in [0, 0.1) is 12.8 Å². The molecule has 1 aromatic rings. The maximum atomic E-state index is 9.79. The molecule has 0 saturated heterocycles. The van der Waals surface area contributed by atoms with E-state index in [4.69, 9.17) is 11.6 Å². The van der Waals surface area contributed by atoms with Gasteiger partial charge in [-0.3, -0.25) is 0 Å². The van der Waals surface area contributed by atoms with Crippen molar-refractivity contribution in [2.45, 2.75) is 46.6 Å². The highest BCUT2D eigenvalue weighted by molar-refractivity contribution is 6.30. The second-order valence-electron chi connectivity index (χ2n) is 5.19. The molecule has 1 atom stereocenters. The molecule has 0 amide bonds. The third-order valence-corrected chi connectivity index (χ3v) is 3.24. The number of aliphatic hydroxyl groups excluding tert-OH is 1. The van der Waals surface area contributed by atoms with Crippen LogP contribution in [-0.2, 0) is 0 Å². The number of nitrogens with zero attached hydrogens (tertiary/aromatic N) is 2. The molecule has 1 unspecified atom stereocenters. The molecule has 102 valence electrons. The maximum absolute atomic E-state index is 9.79. The van der Waals surface area contributed by atoms with E-state index in [1.807, 2.05) is 34.6 Å². The van der Waals surface area contributed by atoms with Crippen molar-refractivity contribution in [3.8, 4) is 0 Å². The van der Waals surface area contributed by atoms with E-state index in [-0.39, 0.29) is 11.8 Å². The van der Waals surface area contributed by atoms with Crippen LogP contribution in [-0.4, -0.2) is 27.7 Å². The first-order chi connectivity index (χ1) is 8.32. The lowest BCUT2D eigenvalue weighted by Gasteiger charge is -2.17. The molecule has 0 aromatic carbocycles. The smallest absolute Gasteiger partial charge is 0.137 e. The van der Waals surface area contributed by atoms with E-state index < -0.39 is 6.10 Å². The third kappa shape index (κ3) is 3.82. The molecule has 0 spiro atoms. The summed E-state index contributed by atoms with van der Waals surface area (Å²) in [6, 6.07) is 0. The fourth-order valence-corrected chi connectivity index (χ4v) is 1.55. The number of hydrogen-bond donors (Lipinski definition) is 2. The third-order valence-electron chi connectivity index (χ3n) is 2.87. The van der Waals surface area contributed by atoms with Crippen LogP contribution in [0.2, 0.25) is 5.15 Å². The molecule has 18 heavy (non-hydrogen) atoms. The van der Waals surface area contributed by atoms with Gasteiger partial charge in [-0.05, 0) is 12.8 Å². The summed E-state index contributed by atoms with van der Waals surface area (Å²) >= 11 is 6.09. The lowest BCUT2D eigenvalue weighted by molar-refractivity contribution is 0.138. The van der Waals surface area contributed by atoms with Gasteiger partial charge < -0.3 is 10.4 Å². The Morgan fingerprint density at radius 1 is 1.22 bits per heavy atom. The number of hydrogen-bond acceptors (Lipinski definition) is 4. The quantitative estimate of drug-likeness (QED) is 0.809. The normalized spacial score (nSPS) is 13.2. The van der Waals surface area contributed by atoms with Crippen molar-refractivity contribution < 1.29 is 5.11 Å². The summed E-state index contributed by atoms with van der Waals surface area (Å²) in [4.78, 5) is 8.69. The van der Waals surface area contributed by atoms with Crippen LogP contribution in [0.5, 0.6) is 0 Å². The number of rotatable bonds is 5. The van der Waals surface area contributed by atoms with Crippen molar-refractivity contribution in [3.05, 3.63) is 16.5 Å². The minimum Gasteiger partial charge on any atom is -0.391 e. The number of aliphatic hydroxyl groups is 1. The Hall–Kier alpha value is -0.870. The van der Waals surface area contributed by atoms with E-state index in [0.717, 1.165) is 5.56 Å². The first kappa shape index (κ1) is 15.2. The van der Waals surface area contributed by atoms with Gasteiger partial charge in [0.2, 0.25) is 0 Å². The zero-order chi connectivity index (χ0) is 13.9. The first-order valence-corrected chi connectivity index (χ1v) is 6.66. The van der Waals surface area contributed by atoms with Gasteiger partial charge in [0.25, 0.3) is 0 Å². The highest BCUT2D eigenvalue weighted by atomic mass is 35.5. The molecule has 2 N–H and O–H groups in total. The summed E-state index contributed by atoms with van der Waals surface area (Å²) in [5, 5.41) is 13.4. The number of anilines is 1. The molecule has 0 aliphatic rings. The zero-order valence-corrected chi connectivity index (χ0v) is 12.4. The molecule has 0 bridgehead atoms. The van der Waals surface area contributed by atoms with Crippen LogP contribution in [0.15, 0.2) is 0 Å². The summed E-state index contributed by atoms with van der Waals surface area (Å²) in [6.45, 7) is 10.3. The van der Waals surface area contributed by atoms with Crippen LogP contribution in [0.4, 0.5) is 5.82 Å². The molecule has 1 aromatic heterocycles. The minimum atomic E-state index is -0.402. The van der Waals surface area contributed by atoms with Crippen molar-refractivity contribution in [1.82, 2.24) is 9.97 Å². The van der Waals surface area contributed by atoms with Gasteiger partial charge in [-0.15, -0.1) is 0 Å². The Kier molecular flexibility index (Phi) is 5.35. The van der Waals surface area contributed by atoms with Gasteiger partial charge >= 0.3 is 0 Å². The first-order valence-electron chi connectivity index (χ1n) is 6.28. The van der Waals surface area contributed by atoms with Gasteiger partial charge in [-0.25, -0.2) is 9.97 Å². The molecule has 4 nitrogen and oxygen atoms in total. The van der Waals surface area contributed by atoms with E-state index in [9.17, 15) is 5.11 Å². The Bertz CT molecular complexity index is 407. The Morgan fingerprint density at radius 3 is 2.33 bits per heavy atom. The van der Waals surface area contributed by atoms with Crippen LogP contribution in [0.1, 0.15) is 45.0 Å². The van der Waals surface area contributed by atoms with Crippen molar-refractivity contribution in [2.75, 3.05) is 11.9 Å². The molecule has 0 aliphatic heterocycles. The maximum Gasteiger partial charge on any atom is 0.137 e. The SMILES string of the molecule is Cc1c(Cl)nc(C(C)C)nc1NCC(O)C(C)C. The number of halogens is 1. The van der Waals surface area contributed by atoms with Crippen molar-refractivity contribution in [1.29, 1.82) is 0 Å². The van der Waals surface area contributed by atoms with Crippen molar-refractivity contribution in [2.24, 2.45) is 5.92 Å². The summed E-state index contributed by atoms with van der Waals surface area (Å²) < 4.78 is 0. The van der Waals surface area contributed by atoms with Gasteiger partial charge in [-0.1, -0.05) is 39.3 Å². The fourth-order valence-electron chi connectivity index (χ4n) is 1.37. The Labute approximate surface area is 114 Å². The summed E-state index contributed by atoms with van der Waals surface area (Å²) in [5.41, 5.74) is 0.817. The highest BCUT2D eigenvalue weighted by Crippen LogP contribution is 2.23. The average molecular weight is 272 g/mol. The van der Waals surface area contributed by atoms with Crippen LogP contribution < -0.4 is 5.32 Å². The summed E-state index contributed by atoms with van der Waals surface area (Å²) in [7, 11) is 0. The minimum absolute atomic E-state index is 0.208. The van der Waals surface area contributed by atoms with Crippen LogP contribution >= 0.6 is 11.6 Å². The lowest BCUT2D eigenvalue weighted by atomic mass is 10.1. The topological polar surface area (TPSA) is 58.0 Å². The lowest BCUT2D eigenvalue weighted by Crippen LogP contribution is -2.25. The predicted molar refractivity (Wildman–Crippen MR) is 75.2 cm³/mol. The second kappa shape index (κ2) is 6.34. The fraction of sp³-hybridized carbons (Fsp3) is 0.692. The van der Waals surface area contributed by atoms with Gasteiger partial charge in [0.1, 0.15) is 16.8 Å². The average Bonchev–Trinajstić information content (AvgIpc) is 2.29. The summed E-state index contributed by atoms with van der Waals surface area (Å²) in [5.74, 6) is 1.85. The highest BCUT2D eigenvalue weighted by Gasteiger charge is 2.14. The van der Waals surface area contributed by atoms with E-state index >= 15 is 0 Å².